The number of carbonyl (C=O) groups is 1. The SMILES string of the molecule is Cc1nc(Br)cc2c1OCc1c(N3CCOCC3)ccnc1N2C(=O)OC(C)(C)C. The van der Waals surface area contributed by atoms with Crippen molar-refractivity contribution in [1.29, 1.82) is 0 Å². The molecule has 2 aromatic heterocycles. The Morgan fingerprint density at radius 2 is 1.97 bits per heavy atom. The maximum absolute atomic E-state index is 13.3. The molecule has 0 spiro atoms. The molecule has 8 nitrogen and oxygen atoms in total. The van der Waals surface area contributed by atoms with Gasteiger partial charge in [-0.15, -0.1) is 0 Å². The van der Waals surface area contributed by atoms with Crippen molar-refractivity contribution in [3.05, 3.63) is 34.2 Å². The van der Waals surface area contributed by atoms with Crippen LogP contribution in [0.2, 0.25) is 0 Å². The van der Waals surface area contributed by atoms with E-state index in [1.165, 1.54) is 4.90 Å². The molecule has 4 heterocycles. The van der Waals surface area contributed by atoms with Crippen LogP contribution in [0.3, 0.4) is 0 Å². The predicted molar refractivity (Wildman–Crippen MR) is 117 cm³/mol. The summed E-state index contributed by atoms with van der Waals surface area (Å²) in [5.41, 5.74) is 2.38. The first-order valence-electron chi connectivity index (χ1n) is 9.88. The van der Waals surface area contributed by atoms with Crippen LogP contribution in [-0.4, -0.2) is 48.0 Å². The molecule has 0 bridgehead atoms. The van der Waals surface area contributed by atoms with Gasteiger partial charge < -0.3 is 19.1 Å². The van der Waals surface area contributed by atoms with Crippen LogP contribution in [0.25, 0.3) is 0 Å². The third-order valence-corrected chi connectivity index (χ3v) is 5.25. The summed E-state index contributed by atoms with van der Waals surface area (Å²) in [7, 11) is 0. The Kier molecular flexibility index (Phi) is 5.59. The molecule has 0 aliphatic carbocycles. The van der Waals surface area contributed by atoms with Gasteiger partial charge in [0.2, 0.25) is 0 Å². The van der Waals surface area contributed by atoms with Gasteiger partial charge in [0, 0.05) is 25.0 Å². The third-order valence-electron chi connectivity index (χ3n) is 4.84. The summed E-state index contributed by atoms with van der Waals surface area (Å²) in [6.45, 7) is 10.5. The number of pyridine rings is 2. The lowest BCUT2D eigenvalue weighted by Crippen LogP contribution is -2.38. The van der Waals surface area contributed by atoms with Gasteiger partial charge in [-0.3, -0.25) is 0 Å². The monoisotopic (exact) mass is 476 g/mol. The van der Waals surface area contributed by atoms with Crippen molar-refractivity contribution >= 4 is 39.2 Å². The normalized spacial score (nSPS) is 16.3. The molecule has 1 amide bonds. The number of nitrogens with zero attached hydrogens (tertiary/aromatic N) is 4. The van der Waals surface area contributed by atoms with Gasteiger partial charge in [0.25, 0.3) is 0 Å². The minimum atomic E-state index is -0.661. The molecule has 1 saturated heterocycles. The molecule has 2 aliphatic rings. The Hall–Kier alpha value is -2.39. The summed E-state index contributed by atoms with van der Waals surface area (Å²) in [5, 5.41) is 0. The summed E-state index contributed by atoms with van der Waals surface area (Å²) in [5.74, 6) is 1.04. The number of fused-ring (bicyclic) bond motifs is 2. The van der Waals surface area contributed by atoms with E-state index in [1.807, 2.05) is 33.8 Å². The number of rotatable bonds is 1. The lowest BCUT2D eigenvalue weighted by atomic mass is 10.1. The molecule has 0 N–H and O–H groups in total. The molecule has 4 rings (SSSR count). The largest absolute Gasteiger partial charge is 0.485 e. The summed E-state index contributed by atoms with van der Waals surface area (Å²) in [4.78, 5) is 26.1. The van der Waals surface area contributed by atoms with Gasteiger partial charge in [0.05, 0.1) is 24.5 Å². The van der Waals surface area contributed by atoms with Gasteiger partial charge >= 0.3 is 6.09 Å². The predicted octanol–water partition coefficient (Wildman–Crippen LogP) is 4.35. The zero-order valence-electron chi connectivity index (χ0n) is 17.6. The zero-order valence-corrected chi connectivity index (χ0v) is 19.2. The smallest absolute Gasteiger partial charge is 0.420 e. The Labute approximate surface area is 184 Å². The topological polar surface area (TPSA) is 77.0 Å². The maximum atomic E-state index is 13.3. The van der Waals surface area contributed by atoms with Crippen LogP contribution in [-0.2, 0) is 16.1 Å². The second kappa shape index (κ2) is 8.03. The first kappa shape index (κ1) is 20.9. The molecule has 30 heavy (non-hydrogen) atoms. The summed E-state index contributed by atoms with van der Waals surface area (Å²) >= 11 is 3.43. The number of anilines is 3. The number of aromatic nitrogens is 2. The summed E-state index contributed by atoms with van der Waals surface area (Å²) < 4.78 is 18.0. The van der Waals surface area contributed by atoms with E-state index < -0.39 is 11.7 Å². The standard InChI is InChI=1S/C21H25BrN4O4/c1-13-18-16(11-17(22)24-13)26(20(27)30-21(2,3)4)19-14(12-29-18)15(5-6-23-19)25-7-9-28-10-8-25/h5-6,11H,7-10,12H2,1-4H3. The molecule has 1 fully saturated rings. The summed E-state index contributed by atoms with van der Waals surface area (Å²) in [6.07, 6.45) is 1.20. The van der Waals surface area contributed by atoms with Crippen molar-refractivity contribution in [2.45, 2.75) is 39.9 Å². The van der Waals surface area contributed by atoms with E-state index in [4.69, 9.17) is 14.2 Å². The highest BCUT2D eigenvalue weighted by Crippen LogP contribution is 2.44. The van der Waals surface area contributed by atoms with E-state index in [0.29, 0.717) is 40.8 Å². The lowest BCUT2D eigenvalue weighted by Gasteiger charge is -2.32. The Balaban J connectivity index is 1.88. The molecule has 0 saturated carbocycles. The number of morpholine rings is 1. The van der Waals surface area contributed by atoms with E-state index in [9.17, 15) is 4.79 Å². The molecule has 9 heteroatoms. The molecular weight excluding hydrogens is 452 g/mol. The molecule has 0 aromatic carbocycles. The van der Waals surface area contributed by atoms with E-state index in [1.54, 1.807) is 12.3 Å². The molecule has 0 radical (unpaired) electrons. The van der Waals surface area contributed by atoms with Crippen LogP contribution in [0.4, 0.5) is 22.0 Å². The van der Waals surface area contributed by atoms with Gasteiger partial charge in [-0.25, -0.2) is 19.7 Å². The third kappa shape index (κ3) is 4.09. The second-order valence-electron chi connectivity index (χ2n) is 8.21. The fraction of sp³-hybridized carbons (Fsp3) is 0.476. The molecule has 2 aliphatic heterocycles. The number of hydrogen-bond acceptors (Lipinski definition) is 7. The van der Waals surface area contributed by atoms with E-state index in [-0.39, 0.29) is 6.61 Å². The lowest BCUT2D eigenvalue weighted by molar-refractivity contribution is 0.0598. The molecular formula is C21H25BrN4O4. The van der Waals surface area contributed by atoms with Crippen LogP contribution in [0.1, 0.15) is 32.0 Å². The Morgan fingerprint density at radius 1 is 1.23 bits per heavy atom. The number of ether oxygens (including phenoxy) is 3. The minimum absolute atomic E-state index is 0.270. The minimum Gasteiger partial charge on any atom is -0.485 e. The Morgan fingerprint density at radius 3 is 2.67 bits per heavy atom. The first-order chi connectivity index (χ1) is 14.2. The number of aryl methyl sites for hydroxylation is 1. The van der Waals surface area contributed by atoms with Gasteiger partial charge in [-0.05, 0) is 55.8 Å². The average Bonchev–Trinajstić information content (AvgIpc) is 2.84. The zero-order chi connectivity index (χ0) is 21.5. The molecule has 0 unspecified atom stereocenters. The average molecular weight is 477 g/mol. The van der Waals surface area contributed by atoms with Crippen LogP contribution in [0.15, 0.2) is 22.9 Å². The second-order valence-corrected chi connectivity index (χ2v) is 9.03. The first-order valence-corrected chi connectivity index (χ1v) is 10.7. The maximum Gasteiger partial charge on any atom is 0.420 e. The number of carbonyl (C=O) groups excluding carboxylic acids is 1. The highest BCUT2D eigenvalue weighted by molar-refractivity contribution is 9.10. The van der Waals surface area contributed by atoms with Gasteiger partial charge in [0.15, 0.2) is 11.6 Å². The van der Waals surface area contributed by atoms with Crippen LogP contribution >= 0.6 is 15.9 Å². The van der Waals surface area contributed by atoms with Crippen LogP contribution < -0.4 is 14.5 Å². The van der Waals surface area contributed by atoms with Crippen molar-refractivity contribution in [2.24, 2.45) is 0 Å². The molecule has 160 valence electrons. The van der Waals surface area contributed by atoms with Crippen LogP contribution in [0.5, 0.6) is 5.75 Å². The van der Waals surface area contributed by atoms with Crippen LogP contribution in [0, 0.1) is 6.92 Å². The molecule has 2 aromatic rings. The molecule has 0 atom stereocenters. The van der Waals surface area contributed by atoms with E-state index in [2.05, 4.69) is 30.8 Å². The van der Waals surface area contributed by atoms with Gasteiger partial charge in [-0.2, -0.15) is 0 Å². The number of amides is 1. The van der Waals surface area contributed by atoms with E-state index in [0.717, 1.165) is 24.3 Å². The highest BCUT2D eigenvalue weighted by Gasteiger charge is 2.35. The number of hydrogen-bond donors (Lipinski definition) is 0. The van der Waals surface area contributed by atoms with Crippen molar-refractivity contribution in [3.63, 3.8) is 0 Å². The van der Waals surface area contributed by atoms with Crippen molar-refractivity contribution in [1.82, 2.24) is 9.97 Å². The van der Waals surface area contributed by atoms with Crippen molar-refractivity contribution in [3.8, 4) is 5.75 Å². The fourth-order valence-electron chi connectivity index (χ4n) is 3.61. The van der Waals surface area contributed by atoms with Gasteiger partial charge in [-0.1, -0.05) is 0 Å². The quantitative estimate of drug-likeness (QED) is 0.566. The van der Waals surface area contributed by atoms with Gasteiger partial charge in [0.1, 0.15) is 22.5 Å². The Bertz CT molecular complexity index is 970. The fourth-order valence-corrected chi connectivity index (χ4v) is 4.09. The van der Waals surface area contributed by atoms with Crippen molar-refractivity contribution < 1.29 is 19.0 Å². The highest BCUT2D eigenvalue weighted by atomic mass is 79.9. The number of halogens is 1. The van der Waals surface area contributed by atoms with E-state index >= 15 is 0 Å². The van der Waals surface area contributed by atoms with Crippen molar-refractivity contribution in [2.75, 3.05) is 36.1 Å². The summed E-state index contributed by atoms with van der Waals surface area (Å²) in [6, 6.07) is 3.71.